The van der Waals surface area contributed by atoms with Crippen LogP contribution in [0.15, 0.2) is 40.9 Å². The van der Waals surface area contributed by atoms with Gasteiger partial charge in [0.1, 0.15) is 5.75 Å². The molecule has 1 unspecified atom stereocenters. The van der Waals surface area contributed by atoms with Crippen molar-refractivity contribution in [3.63, 3.8) is 0 Å². The molecule has 0 amide bonds. The van der Waals surface area contributed by atoms with E-state index in [0.717, 1.165) is 38.4 Å². The van der Waals surface area contributed by atoms with E-state index in [4.69, 9.17) is 22.2 Å². The maximum Gasteiger partial charge on any atom is 0.119 e. The van der Waals surface area contributed by atoms with Crippen molar-refractivity contribution in [3.05, 3.63) is 62.6 Å². The number of nitrogens with two attached hydrogens (primary N) is 1. The smallest absolute Gasteiger partial charge is 0.119 e. The van der Waals surface area contributed by atoms with Crippen molar-refractivity contribution in [1.82, 2.24) is 5.43 Å². The fourth-order valence-electron chi connectivity index (χ4n) is 2.34. The van der Waals surface area contributed by atoms with Crippen molar-refractivity contribution in [2.75, 3.05) is 7.11 Å². The van der Waals surface area contributed by atoms with Crippen LogP contribution in [-0.4, -0.2) is 7.11 Å². The average Bonchev–Trinajstić information content (AvgIpc) is 2.47. The summed E-state index contributed by atoms with van der Waals surface area (Å²) in [6.45, 7) is 2.03. The minimum Gasteiger partial charge on any atom is -0.497 e. The van der Waals surface area contributed by atoms with Gasteiger partial charge in [-0.3, -0.25) is 11.3 Å². The number of halogens is 2. The summed E-state index contributed by atoms with van der Waals surface area (Å²) in [5.41, 5.74) is 6.27. The molecule has 5 heteroatoms. The third-order valence-electron chi connectivity index (χ3n) is 3.49. The molecule has 0 aliphatic carbocycles. The number of ether oxygens (including phenoxy) is 1. The number of hydrogen-bond acceptors (Lipinski definition) is 3. The maximum absolute atomic E-state index is 6.01. The lowest BCUT2D eigenvalue weighted by Crippen LogP contribution is -2.30. The van der Waals surface area contributed by atoms with Crippen LogP contribution in [-0.2, 0) is 6.42 Å². The van der Waals surface area contributed by atoms with Gasteiger partial charge in [-0.15, -0.1) is 0 Å². The van der Waals surface area contributed by atoms with E-state index in [9.17, 15) is 0 Å². The second kappa shape index (κ2) is 7.27. The molecule has 0 spiro atoms. The molecule has 2 aromatic carbocycles. The molecule has 0 radical (unpaired) electrons. The van der Waals surface area contributed by atoms with Crippen molar-refractivity contribution in [2.45, 2.75) is 19.4 Å². The molecule has 3 N–H and O–H groups in total. The lowest BCUT2D eigenvalue weighted by molar-refractivity contribution is 0.413. The molecule has 0 aliphatic heterocycles. The van der Waals surface area contributed by atoms with Gasteiger partial charge in [0.15, 0.2) is 0 Å². The molecular formula is C16H18BrClN2O. The SMILES string of the molecule is COc1ccc(Br)c(CC(NN)c2ccc(Cl)cc2C)c1. The molecular weight excluding hydrogens is 352 g/mol. The highest BCUT2D eigenvalue weighted by atomic mass is 79.9. The summed E-state index contributed by atoms with van der Waals surface area (Å²) in [5.74, 6) is 6.58. The van der Waals surface area contributed by atoms with Crippen LogP contribution in [0.1, 0.15) is 22.7 Å². The average molecular weight is 370 g/mol. The van der Waals surface area contributed by atoms with E-state index in [1.165, 1.54) is 0 Å². The van der Waals surface area contributed by atoms with Gasteiger partial charge >= 0.3 is 0 Å². The first-order valence-electron chi connectivity index (χ1n) is 6.59. The van der Waals surface area contributed by atoms with Gasteiger partial charge in [0, 0.05) is 9.50 Å². The molecule has 1 atom stereocenters. The van der Waals surface area contributed by atoms with Gasteiger partial charge in [0.05, 0.1) is 13.2 Å². The van der Waals surface area contributed by atoms with Crippen LogP contribution >= 0.6 is 27.5 Å². The number of hydrogen-bond donors (Lipinski definition) is 2. The molecule has 0 bridgehead atoms. The van der Waals surface area contributed by atoms with Gasteiger partial charge in [-0.1, -0.05) is 33.6 Å². The fourth-order valence-corrected chi connectivity index (χ4v) is 2.98. The highest BCUT2D eigenvalue weighted by Gasteiger charge is 2.15. The zero-order chi connectivity index (χ0) is 15.4. The summed E-state index contributed by atoms with van der Waals surface area (Å²) in [5, 5.41) is 0.731. The maximum atomic E-state index is 6.01. The first-order valence-corrected chi connectivity index (χ1v) is 7.77. The second-order valence-electron chi connectivity index (χ2n) is 4.88. The van der Waals surface area contributed by atoms with Gasteiger partial charge in [0.25, 0.3) is 0 Å². The van der Waals surface area contributed by atoms with Crippen LogP contribution in [0.25, 0.3) is 0 Å². The van der Waals surface area contributed by atoms with Crippen LogP contribution in [0, 0.1) is 6.92 Å². The highest BCUT2D eigenvalue weighted by molar-refractivity contribution is 9.10. The Labute approximate surface area is 138 Å². The quantitative estimate of drug-likeness (QED) is 0.614. The molecule has 2 aromatic rings. The molecule has 0 fully saturated rings. The van der Waals surface area contributed by atoms with Crippen molar-refractivity contribution in [2.24, 2.45) is 5.84 Å². The topological polar surface area (TPSA) is 47.3 Å². The number of nitrogens with one attached hydrogen (secondary N) is 1. The predicted octanol–water partition coefficient (Wildman–Crippen LogP) is 4.17. The lowest BCUT2D eigenvalue weighted by atomic mass is 9.96. The molecule has 0 heterocycles. The van der Waals surface area contributed by atoms with Crippen LogP contribution in [0.3, 0.4) is 0 Å². The van der Waals surface area contributed by atoms with Crippen molar-refractivity contribution < 1.29 is 4.74 Å². The molecule has 2 rings (SSSR count). The lowest BCUT2D eigenvalue weighted by Gasteiger charge is -2.20. The van der Waals surface area contributed by atoms with Gasteiger partial charge in [-0.2, -0.15) is 0 Å². The molecule has 21 heavy (non-hydrogen) atoms. The molecule has 112 valence electrons. The standard InChI is InChI=1S/C16H18BrClN2O/c1-10-7-12(18)3-5-14(10)16(20-19)9-11-8-13(21-2)4-6-15(11)17/h3-8,16,20H,9,19H2,1-2H3. The summed E-state index contributed by atoms with van der Waals surface area (Å²) in [6, 6.07) is 11.8. The molecule has 0 aliphatic rings. The molecule has 0 saturated heterocycles. The van der Waals surface area contributed by atoms with Crippen LogP contribution in [0.4, 0.5) is 0 Å². The van der Waals surface area contributed by atoms with Crippen LogP contribution in [0.2, 0.25) is 5.02 Å². The first kappa shape index (κ1) is 16.3. The summed E-state index contributed by atoms with van der Waals surface area (Å²) in [7, 11) is 1.66. The summed E-state index contributed by atoms with van der Waals surface area (Å²) in [4.78, 5) is 0. The first-order chi connectivity index (χ1) is 10.0. The monoisotopic (exact) mass is 368 g/mol. The Morgan fingerprint density at radius 2 is 2.05 bits per heavy atom. The largest absolute Gasteiger partial charge is 0.497 e. The van der Waals surface area contributed by atoms with Gasteiger partial charge in [-0.05, 0) is 60.4 Å². The zero-order valence-electron chi connectivity index (χ0n) is 12.0. The zero-order valence-corrected chi connectivity index (χ0v) is 14.3. The minimum atomic E-state index is 0.00525. The summed E-state index contributed by atoms with van der Waals surface area (Å²) >= 11 is 9.59. The Hall–Kier alpha value is -1.07. The molecule has 0 saturated carbocycles. The van der Waals surface area contributed by atoms with E-state index in [-0.39, 0.29) is 6.04 Å². The van der Waals surface area contributed by atoms with Crippen LogP contribution in [0.5, 0.6) is 5.75 Å². The van der Waals surface area contributed by atoms with E-state index >= 15 is 0 Å². The minimum absolute atomic E-state index is 0.00525. The fraction of sp³-hybridized carbons (Fsp3) is 0.250. The summed E-state index contributed by atoms with van der Waals surface area (Å²) in [6.07, 6.45) is 0.747. The molecule has 0 aromatic heterocycles. The van der Waals surface area contributed by atoms with E-state index in [1.807, 2.05) is 43.3 Å². The summed E-state index contributed by atoms with van der Waals surface area (Å²) < 4.78 is 6.32. The Bertz CT molecular complexity index is 634. The van der Waals surface area contributed by atoms with Gasteiger partial charge < -0.3 is 4.74 Å². The van der Waals surface area contributed by atoms with E-state index in [2.05, 4.69) is 21.4 Å². The Balaban J connectivity index is 2.30. The Morgan fingerprint density at radius 1 is 1.29 bits per heavy atom. The molecule has 3 nitrogen and oxygen atoms in total. The van der Waals surface area contributed by atoms with E-state index in [1.54, 1.807) is 7.11 Å². The number of benzene rings is 2. The van der Waals surface area contributed by atoms with Crippen molar-refractivity contribution >= 4 is 27.5 Å². The van der Waals surface area contributed by atoms with Crippen LogP contribution < -0.4 is 16.0 Å². The van der Waals surface area contributed by atoms with Gasteiger partial charge in [-0.25, -0.2) is 0 Å². The van der Waals surface area contributed by atoms with Gasteiger partial charge in [0.2, 0.25) is 0 Å². The number of methoxy groups -OCH3 is 1. The third-order valence-corrected chi connectivity index (χ3v) is 4.49. The number of hydrazine groups is 1. The number of rotatable bonds is 5. The van der Waals surface area contributed by atoms with Crippen molar-refractivity contribution in [1.29, 1.82) is 0 Å². The number of aryl methyl sites for hydroxylation is 1. The normalized spacial score (nSPS) is 12.2. The highest BCUT2D eigenvalue weighted by Crippen LogP contribution is 2.29. The van der Waals surface area contributed by atoms with E-state index < -0.39 is 0 Å². The Kier molecular flexibility index (Phi) is 5.65. The third kappa shape index (κ3) is 3.98. The van der Waals surface area contributed by atoms with E-state index in [0.29, 0.717) is 0 Å². The van der Waals surface area contributed by atoms with Crippen molar-refractivity contribution in [3.8, 4) is 5.75 Å². The predicted molar refractivity (Wildman–Crippen MR) is 90.7 cm³/mol. The second-order valence-corrected chi connectivity index (χ2v) is 6.17. The Morgan fingerprint density at radius 3 is 2.67 bits per heavy atom.